The molecule has 0 aromatic heterocycles. The minimum absolute atomic E-state index is 0.340. The Balaban J connectivity index is 2.72. The molecule has 0 spiro atoms. The molecule has 0 aliphatic heterocycles. The summed E-state index contributed by atoms with van der Waals surface area (Å²) in [5, 5.41) is 8.54. The fourth-order valence-electron chi connectivity index (χ4n) is 1.01. The molecule has 14 heavy (non-hydrogen) atoms. The van der Waals surface area contributed by atoms with Crippen LogP contribution >= 0.6 is 34.4 Å². The molecule has 1 aromatic carbocycles. The number of rotatable bonds is 4. The van der Waals surface area contributed by atoms with E-state index in [1.165, 1.54) is 11.8 Å². The van der Waals surface area contributed by atoms with E-state index in [0.717, 1.165) is 8.47 Å². The van der Waals surface area contributed by atoms with Crippen LogP contribution in [-0.2, 0) is 4.79 Å². The lowest BCUT2D eigenvalue weighted by Crippen LogP contribution is -2.14. The van der Waals surface area contributed by atoms with Crippen LogP contribution in [0.15, 0.2) is 29.2 Å². The van der Waals surface area contributed by atoms with Crippen molar-refractivity contribution in [3.63, 3.8) is 0 Å². The molecule has 0 bridgehead atoms. The molecule has 2 nitrogen and oxygen atoms in total. The Hall–Kier alpha value is -0.230. The van der Waals surface area contributed by atoms with Gasteiger partial charge in [0.25, 0.3) is 0 Å². The molecule has 0 heterocycles. The van der Waals surface area contributed by atoms with Gasteiger partial charge in [0.05, 0.1) is 0 Å². The highest BCUT2D eigenvalue weighted by molar-refractivity contribution is 14.1. The van der Waals surface area contributed by atoms with E-state index in [-0.39, 0.29) is 5.25 Å². The minimum Gasteiger partial charge on any atom is -0.480 e. The van der Waals surface area contributed by atoms with Crippen molar-refractivity contribution in [1.29, 1.82) is 0 Å². The van der Waals surface area contributed by atoms with Crippen LogP contribution in [0.5, 0.6) is 0 Å². The molecule has 1 unspecified atom stereocenters. The maximum absolute atomic E-state index is 10.8. The van der Waals surface area contributed by atoms with Gasteiger partial charge in [-0.25, -0.2) is 0 Å². The zero-order valence-corrected chi connectivity index (χ0v) is 10.7. The van der Waals surface area contributed by atoms with Crippen LogP contribution in [0.25, 0.3) is 0 Å². The van der Waals surface area contributed by atoms with E-state index in [4.69, 9.17) is 5.11 Å². The zero-order valence-electron chi connectivity index (χ0n) is 7.74. The van der Waals surface area contributed by atoms with Gasteiger partial charge in [-0.05, 0) is 47.2 Å². The second kappa shape index (κ2) is 5.60. The Morgan fingerprint density at radius 2 is 2.36 bits per heavy atom. The van der Waals surface area contributed by atoms with E-state index >= 15 is 0 Å². The molecular weight excluding hydrogens is 311 g/mol. The first kappa shape index (κ1) is 11.8. The SMILES string of the molecule is CCC(Sc1cccc(I)c1)C(=O)O. The number of thioether (sulfide) groups is 1. The van der Waals surface area contributed by atoms with Gasteiger partial charge in [0.15, 0.2) is 0 Å². The van der Waals surface area contributed by atoms with Crippen LogP contribution in [0, 0.1) is 3.57 Å². The van der Waals surface area contributed by atoms with Gasteiger partial charge < -0.3 is 5.11 Å². The highest BCUT2D eigenvalue weighted by Gasteiger charge is 2.15. The topological polar surface area (TPSA) is 37.3 Å². The van der Waals surface area contributed by atoms with Gasteiger partial charge in [0, 0.05) is 8.47 Å². The second-order valence-corrected chi connectivity index (χ2v) is 5.33. The van der Waals surface area contributed by atoms with Gasteiger partial charge in [0.2, 0.25) is 0 Å². The monoisotopic (exact) mass is 322 g/mol. The summed E-state index contributed by atoms with van der Waals surface area (Å²) in [7, 11) is 0. The zero-order chi connectivity index (χ0) is 10.6. The third kappa shape index (κ3) is 3.49. The summed E-state index contributed by atoms with van der Waals surface area (Å²) in [6.07, 6.45) is 0.644. The largest absolute Gasteiger partial charge is 0.480 e. The van der Waals surface area contributed by atoms with Gasteiger partial charge in [-0.2, -0.15) is 0 Å². The molecule has 0 aliphatic rings. The molecule has 0 saturated carbocycles. The van der Waals surface area contributed by atoms with Crippen molar-refractivity contribution >= 4 is 40.3 Å². The molecule has 1 rings (SSSR count). The Morgan fingerprint density at radius 3 is 2.86 bits per heavy atom. The van der Waals surface area contributed by atoms with E-state index in [0.29, 0.717) is 6.42 Å². The fraction of sp³-hybridized carbons (Fsp3) is 0.300. The molecule has 0 radical (unpaired) electrons. The molecule has 1 aromatic rings. The summed E-state index contributed by atoms with van der Waals surface area (Å²) >= 11 is 3.63. The highest BCUT2D eigenvalue weighted by atomic mass is 127. The van der Waals surface area contributed by atoms with Crippen LogP contribution in [0.3, 0.4) is 0 Å². The number of halogens is 1. The smallest absolute Gasteiger partial charge is 0.316 e. The number of hydrogen-bond acceptors (Lipinski definition) is 2. The molecule has 76 valence electrons. The van der Waals surface area contributed by atoms with E-state index in [1.54, 1.807) is 0 Å². The van der Waals surface area contributed by atoms with Crippen molar-refractivity contribution in [3.8, 4) is 0 Å². The standard InChI is InChI=1S/C10H11IO2S/c1-2-9(10(12)13)14-8-5-3-4-7(11)6-8/h3-6,9H,2H2,1H3,(H,12,13). The molecule has 4 heteroatoms. The average molecular weight is 322 g/mol. The maximum Gasteiger partial charge on any atom is 0.316 e. The lowest BCUT2D eigenvalue weighted by atomic mass is 10.3. The Kier molecular flexibility index (Phi) is 4.74. The molecule has 0 amide bonds. The third-order valence-corrected chi connectivity index (χ3v) is 3.74. The van der Waals surface area contributed by atoms with Crippen molar-refractivity contribution < 1.29 is 9.90 Å². The second-order valence-electron chi connectivity index (χ2n) is 2.81. The first-order chi connectivity index (χ1) is 6.63. The summed E-state index contributed by atoms with van der Waals surface area (Å²) in [5.74, 6) is -0.739. The first-order valence-corrected chi connectivity index (χ1v) is 6.24. The number of benzene rings is 1. The van der Waals surface area contributed by atoms with Crippen molar-refractivity contribution in [1.82, 2.24) is 0 Å². The van der Waals surface area contributed by atoms with Gasteiger partial charge in [-0.1, -0.05) is 13.0 Å². The lowest BCUT2D eigenvalue weighted by molar-refractivity contribution is -0.136. The molecule has 1 atom stereocenters. The van der Waals surface area contributed by atoms with Crippen molar-refractivity contribution in [2.45, 2.75) is 23.5 Å². The van der Waals surface area contributed by atoms with Crippen LogP contribution in [-0.4, -0.2) is 16.3 Å². The van der Waals surface area contributed by atoms with Crippen LogP contribution < -0.4 is 0 Å². The molecule has 0 saturated heterocycles. The fourth-order valence-corrected chi connectivity index (χ4v) is 2.72. The molecule has 1 N–H and O–H groups in total. The van der Waals surface area contributed by atoms with Crippen LogP contribution in [0.2, 0.25) is 0 Å². The van der Waals surface area contributed by atoms with E-state index < -0.39 is 5.97 Å². The van der Waals surface area contributed by atoms with Crippen molar-refractivity contribution in [2.75, 3.05) is 0 Å². The van der Waals surface area contributed by atoms with Crippen LogP contribution in [0.1, 0.15) is 13.3 Å². The molecule has 0 fully saturated rings. The summed E-state index contributed by atoms with van der Waals surface area (Å²) < 4.78 is 1.13. The number of carboxylic acid groups (broad SMARTS) is 1. The minimum atomic E-state index is -0.739. The normalized spacial score (nSPS) is 12.4. The maximum atomic E-state index is 10.8. The van der Waals surface area contributed by atoms with Gasteiger partial charge >= 0.3 is 5.97 Å². The van der Waals surface area contributed by atoms with Gasteiger partial charge in [0.1, 0.15) is 5.25 Å². The summed E-state index contributed by atoms with van der Waals surface area (Å²) in [6.45, 7) is 1.89. The quantitative estimate of drug-likeness (QED) is 0.683. The van der Waals surface area contributed by atoms with Crippen molar-refractivity contribution in [2.24, 2.45) is 0 Å². The Bertz CT molecular complexity index is 328. The van der Waals surface area contributed by atoms with E-state index in [2.05, 4.69) is 22.6 Å². The third-order valence-electron chi connectivity index (χ3n) is 1.72. The summed E-state index contributed by atoms with van der Waals surface area (Å²) in [6, 6.07) is 7.88. The number of hydrogen-bond donors (Lipinski definition) is 1. The van der Waals surface area contributed by atoms with E-state index in [1.807, 2.05) is 31.2 Å². The van der Waals surface area contributed by atoms with Gasteiger partial charge in [-0.15, -0.1) is 11.8 Å². The lowest BCUT2D eigenvalue weighted by Gasteiger charge is -2.08. The average Bonchev–Trinajstić information content (AvgIpc) is 2.14. The first-order valence-electron chi connectivity index (χ1n) is 4.28. The van der Waals surface area contributed by atoms with Crippen LogP contribution in [0.4, 0.5) is 0 Å². The highest BCUT2D eigenvalue weighted by Crippen LogP contribution is 2.26. The predicted octanol–water partition coefficient (Wildman–Crippen LogP) is 3.25. The molecule has 0 aliphatic carbocycles. The number of carbonyl (C=O) groups is 1. The predicted molar refractivity (Wildman–Crippen MR) is 66.7 cm³/mol. The van der Waals surface area contributed by atoms with Crippen molar-refractivity contribution in [3.05, 3.63) is 27.8 Å². The Morgan fingerprint density at radius 1 is 1.64 bits per heavy atom. The molecular formula is C10H11IO2S. The van der Waals surface area contributed by atoms with E-state index in [9.17, 15) is 4.79 Å². The van der Waals surface area contributed by atoms with Gasteiger partial charge in [-0.3, -0.25) is 4.79 Å². The number of carboxylic acids is 1. The Labute approximate surface area is 101 Å². The summed E-state index contributed by atoms with van der Waals surface area (Å²) in [4.78, 5) is 11.8. The summed E-state index contributed by atoms with van der Waals surface area (Å²) in [5.41, 5.74) is 0. The number of aliphatic carboxylic acids is 1.